The number of β-lactam (4-membered cyclic amide) rings is 1. The lowest BCUT2D eigenvalue weighted by molar-refractivity contribution is -0.131. The number of aryl methyl sites for hydroxylation is 1. The van der Waals surface area contributed by atoms with E-state index in [9.17, 15) is 48.2 Å². The quantitative estimate of drug-likeness (QED) is 0.0778. The minimum Gasteiger partial charge on any atom is -0.393 e. The number of aliphatic hydroxyl groups is 6. The Morgan fingerprint density at radius 2 is 1.50 bits per heavy atom. The molecule has 262 valence electrons. The molecule has 0 aliphatic carbocycles. The standard InChI is InChI=1S/C35H45FN2O9S/c1-48(46,47)37-20-2-3-23-4-14-28(15-5-23)38-32(29(34(38)44)16-17-30(41)24-10-12-27(36)13-11-24)25-6-8-26(9-7-25)33(43)31(42)18-19-35(45,21-39)22-40/h4-15,29-33,37,39-43,45H,2-3,16-22H2,1H3/t29-,30+,31?,32-,33?/m1/s1. The first-order valence-electron chi connectivity index (χ1n) is 16.0. The Hall–Kier alpha value is -3.27. The highest BCUT2D eigenvalue weighted by atomic mass is 32.2. The Kier molecular flexibility index (Phi) is 12.8. The highest BCUT2D eigenvalue weighted by Gasteiger charge is 2.48. The third-order valence-electron chi connectivity index (χ3n) is 8.92. The van der Waals surface area contributed by atoms with Crippen molar-refractivity contribution < 1.29 is 48.2 Å². The third kappa shape index (κ3) is 9.67. The highest BCUT2D eigenvalue weighted by molar-refractivity contribution is 7.88. The molecular weight excluding hydrogens is 643 g/mol. The van der Waals surface area contributed by atoms with E-state index in [1.54, 1.807) is 29.2 Å². The summed E-state index contributed by atoms with van der Waals surface area (Å²) in [5.74, 6) is -1.01. The Morgan fingerprint density at radius 3 is 2.08 bits per heavy atom. The monoisotopic (exact) mass is 688 g/mol. The summed E-state index contributed by atoms with van der Waals surface area (Å²) in [4.78, 5) is 15.3. The Balaban J connectivity index is 1.50. The van der Waals surface area contributed by atoms with Crippen LogP contribution in [0.5, 0.6) is 0 Å². The van der Waals surface area contributed by atoms with Crippen molar-refractivity contribution in [2.24, 2.45) is 5.92 Å². The fraction of sp³-hybridized carbons (Fsp3) is 0.457. The number of nitrogens with zero attached hydrogens (tertiary/aromatic N) is 1. The van der Waals surface area contributed by atoms with Crippen LogP contribution >= 0.6 is 0 Å². The van der Waals surface area contributed by atoms with E-state index < -0.39 is 64.9 Å². The van der Waals surface area contributed by atoms with Crippen molar-refractivity contribution >= 4 is 21.6 Å². The fourth-order valence-electron chi connectivity index (χ4n) is 5.96. The van der Waals surface area contributed by atoms with Gasteiger partial charge in [0.05, 0.1) is 43.6 Å². The van der Waals surface area contributed by atoms with Gasteiger partial charge in [-0.3, -0.25) is 4.79 Å². The predicted octanol–water partition coefficient (Wildman–Crippen LogP) is 2.42. The molecule has 1 saturated heterocycles. The van der Waals surface area contributed by atoms with Crippen LogP contribution in [0.2, 0.25) is 0 Å². The van der Waals surface area contributed by atoms with E-state index in [1.807, 2.05) is 24.3 Å². The number of hydrogen-bond donors (Lipinski definition) is 7. The van der Waals surface area contributed by atoms with Crippen molar-refractivity contribution in [3.8, 4) is 0 Å². The van der Waals surface area contributed by atoms with Gasteiger partial charge in [0.15, 0.2) is 0 Å². The van der Waals surface area contributed by atoms with Crippen molar-refractivity contribution in [3.05, 3.63) is 101 Å². The summed E-state index contributed by atoms with van der Waals surface area (Å²) in [5.41, 5.74) is 1.60. The molecule has 1 aliphatic heterocycles. The molecule has 4 rings (SSSR count). The third-order valence-corrected chi connectivity index (χ3v) is 9.65. The van der Waals surface area contributed by atoms with Crippen molar-refractivity contribution in [2.75, 3.05) is 30.9 Å². The van der Waals surface area contributed by atoms with Gasteiger partial charge in [-0.2, -0.15) is 0 Å². The van der Waals surface area contributed by atoms with Crippen molar-refractivity contribution in [2.45, 2.75) is 68.5 Å². The van der Waals surface area contributed by atoms with E-state index in [-0.39, 0.29) is 25.2 Å². The minimum atomic E-state index is -3.26. The van der Waals surface area contributed by atoms with Gasteiger partial charge in [0.2, 0.25) is 15.9 Å². The summed E-state index contributed by atoms with van der Waals surface area (Å²) in [5, 5.41) is 60.7. The molecule has 0 saturated carbocycles. The van der Waals surface area contributed by atoms with Crippen LogP contribution in [0, 0.1) is 11.7 Å². The van der Waals surface area contributed by atoms with Crippen LogP contribution in [0.25, 0.3) is 0 Å². The molecule has 5 atom stereocenters. The first-order valence-corrected chi connectivity index (χ1v) is 17.8. The molecule has 1 heterocycles. The number of hydrogen-bond acceptors (Lipinski definition) is 9. The van der Waals surface area contributed by atoms with E-state index in [0.717, 1.165) is 17.4 Å². The van der Waals surface area contributed by atoms with Gasteiger partial charge in [0.25, 0.3) is 0 Å². The van der Waals surface area contributed by atoms with Crippen LogP contribution in [0.4, 0.5) is 10.1 Å². The number of amides is 1. The Morgan fingerprint density at radius 1 is 0.896 bits per heavy atom. The zero-order valence-electron chi connectivity index (χ0n) is 26.8. The molecular formula is C35H45FN2O9S. The first kappa shape index (κ1) is 37.5. The second kappa shape index (κ2) is 16.4. The molecule has 0 radical (unpaired) electrons. The smallest absolute Gasteiger partial charge is 0.233 e. The number of benzene rings is 3. The number of anilines is 1. The maximum absolute atomic E-state index is 13.6. The summed E-state index contributed by atoms with van der Waals surface area (Å²) in [6, 6.07) is 19.4. The van der Waals surface area contributed by atoms with E-state index >= 15 is 0 Å². The van der Waals surface area contributed by atoms with Crippen LogP contribution in [0.3, 0.4) is 0 Å². The molecule has 0 aromatic heterocycles. The van der Waals surface area contributed by atoms with Crippen molar-refractivity contribution in [1.82, 2.24) is 4.72 Å². The molecule has 7 N–H and O–H groups in total. The maximum atomic E-state index is 13.6. The lowest BCUT2D eigenvalue weighted by atomic mass is 9.78. The number of halogens is 1. The summed E-state index contributed by atoms with van der Waals surface area (Å²) in [6.07, 6.45) is -0.700. The number of carbonyl (C=O) groups excluding carboxylic acids is 1. The van der Waals surface area contributed by atoms with E-state index in [0.29, 0.717) is 42.6 Å². The summed E-state index contributed by atoms with van der Waals surface area (Å²) in [7, 11) is -3.26. The molecule has 1 amide bonds. The molecule has 11 nitrogen and oxygen atoms in total. The topological polar surface area (TPSA) is 188 Å². The zero-order valence-corrected chi connectivity index (χ0v) is 27.6. The molecule has 3 aromatic rings. The zero-order chi connectivity index (χ0) is 35.1. The van der Waals surface area contributed by atoms with Gasteiger partial charge in [0, 0.05) is 12.2 Å². The fourth-order valence-corrected chi connectivity index (χ4v) is 6.47. The van der Waals surface area contributed by atoms with Gasteiger partial charge in [0.1, 0.15) is 17.5 Å². The number of rotatable bonds is 18. The molecule has 2 unspecified atom stereocenters. The van der Waals surface area contributed by atoms with Gasteiger partial charge in [-0.15, -0.1) is 0 Å². The Labute approximate surface area is 280 Å². The van der Waals surface area contributed by atoms with E-state index in [4.69, 9.17) is 0 Å². The number of aliphatic hydroxyl groups excluding tert-OH is 5. The molecule has 3 aromatic carbocycles. The number of sulfonamides is 1. The molecule has 1 aliphatic rings. The maximum Gasteiger partial charge on any atom is 0.233 e. The van der Waals surface area contributed by atoms with Crippen LogP contribution in [0.15, 0.2) is 72.8 Å². The second-order valence-corrected chi connectivity index (χ2v) is 14.4. The minimum absolute atomic E-state index is 0.0753. The second-order valence-electron chi connectivity index (χ2n) is 12.6. The summed E-state index contributed by atoms with van der Waals surface area (Å²) < 4.78 is 38.5. The van der Waals surface area contributed by atoms with E-state index in [2.05, 4.69) is 4.72 Å². The van der Waals surface area contributed by atoms with Gasteiger partial charge < -0.3 is 35.5 Å². The van der Waals surface area contributed by atoms with Gasteiger partial charge in [-0.05, 0) is 85.0 Å². The van der Waals surface area contributed by atoms with Crippen molar-refractivity contribution in [3.63, 3.8) is 0 Å². The largest absolute Gasteiger partial charge is 0.393 e. The van der Waals surface area contributed by atoms with Gasteiger partial charge in [-0.1, -0.05) is 48.5 Å². The lowest BCUT2D eigenvalue weighted by Crippen LogP contribution is -2.55. The SMILES string of the molecule is CS(=O)(=O)NCCCc1ccc(N2C(=O)[C@H](CC[C@H](O)c3ccc(F)cc3)[C@H]2c2ccc(C(O)C(O)CCC(O)(CO)CO)cc2)cc1. The van der Waals surface area contributed by atoms with Crippen LogP contribution in [0.1, 0.15) is 72.6 Å². The molecule has 0 spiro atoms. The molecule has 0 bridgehead atoms. The molecule has 13 heteroatoms. The lowest BCUT2D eigenvalue weighted by Gasteiger charge is -2.48. The predicted molar refractivity (Wildman–Crippen MR) is 178 cm³/mol. The van der Waals surface area contributed by atoms with Crippen molar-refractivity contribution in [1.29, 1.82) is 0 Å². The first-order chi connectivity index (χ1) is 22.7. The average Bonchev–Trinajstić information content (AvgIpc) is 3.08. The Bertz CT molecular complexity index is 1580. The normalized spacial score (nSPS) is 18.8. The van der Waals surface area contributed by atoms with Gasteiger partial charge in [-0.25, -0.2) is 17.5 Å². The summed E-state index contributed by atoms with van der Waals surface area (Å²) >= 11 is 0. The molecule has 1 fully saturated rings. The molecule has 48 heavy (non-hydrogen) atoms. The summed E-state index contributed by atoms with van der Waals surface area (Å²) in [6.45, 7) is -1.06. The van der Waals surface area contributed by atoms with Crippen LogP contribution in [-0.4, -0.2) is 82.7 Å². The van der Waals surface area contributed by atoms with Gasteiger partial charge >= 0.3 is 0 Å². The average molecular weight is 689 g/mol. The highest BCUT2D eigenvalue weighted by Crippen LogP contribution is 2.46. The van der Waals surface area contributed by atoms with E-state index in [1.165, 1.54) is 24.3 Å². The van der Waals surface area contributed by atoms with Crippen LogP contribution in [-0.2, 0) is 21.2 Å². The van der Waals surface area contributed by atoms with Crippen LogP contribution < -0.4 is 9.62 Å². The number of carbonyl (C=O) groups is 1. The number of nitrogens with one attached hydrogen (secondary N) is 1.